The molecule has 3 heterocycles. The number of amides is 2. The fraction of sp³-hybridized carbons (Fsp3) is 0.458. The van der Waals surface area contributed by atoms with Gasteiger partial charge in [0.1, 0.15) is 6.10 Å². The number of carbonyl (C=O) groups excluding carboxylic acids is 2. The molecule has 1 unspecified atom stereocenters. The summed E-state index contributed by atoms with van der Waals surface area (Å²) in [7, 11) is 0. The van der Waals surface area contributed by atoms with Crippen LogP contribution in [0.4, 0.5) is 0 Å². The predicted octanol–water partition coefficient (Wildman–Crippen LogP) is 2.55. The first kappa shape index (κ1) is 21.3. The summed E-state index contributed by atoms with van der Waals surface area (Å²) in [5.41, 5.74) is 1.39. The third-order valence-electron chi connectivity index (χ3n) is 6.54. The molecule has 164 valence electrons. The molecule has 2 aliphatic rings. The lowest BCUT2D eigenvalue weighted by molar-refractivity contribution is -0.148. The Morgan fingerprint density at radius 3 is 2.58 bits per heavy atom. The molecular weight excluding hydrogens is 392 g/mol. The molecule has 0 aliphatic carbocycles. The number of hydrogen-bond donors (Lipinski definition) is 0. The summed E-state index contributed by atoms with van der Waals surface area (Å²) in [5, 5.41) is 4.35. The third kappa shape index (κ3) is 4.14. The highest BCUT2D eigenvalue weighted by atomic mass is 16.5. The molecular formula is C24H30N4O3. The van der Waals surface area contributed by atoms with E-state index in [1.807, 2.05) is 59.2 Å². The zero-order valence-electron chi connectivity index (χ0n) is 18.1. The summed E-state index contributed by atoms with van der Waals surface area (Å²) >= 11 is 0. The SMILES string of the molecule is C=CC(=O)N1CCC(C(=O)N2CCOC(c3cnn(CC)c3)C2)(c2ccccc2)CC1. The fourth-order valence-electron chi connectivity index (χ4n) is 4.68. The summed E-state index contributed by atoms with van der Waals surface area (Å²) in [6, 6.07) is 9.99. The van der Waals surface area contributed by atoms with Gasteiger partial charge in [-0.1, -0.05) is 36.9 Å². The standard InChI is InChI=1S/C24H30N4O3/c1-3-22(29)26-12-10-24(11-13-26,20-8-6-5-7-9-20)23(30)27-14-15-31-21(18-27)19-16-25-28(4-2)17-19/h3,5-9,16-17,21H,1,4,10-15,18H2,2H3. The summed E-state index contributed by atoms with van der Waals surface area (Å²) < 4.78 is 7.85. The minimum Gasteiger partial charge on any atom is -0.370 e. The van der Waals surface area contributed by atoms with E-state index >= 15 is 0 Å². The predicted molar refractivity (Wildman–Crippen MR) is 117 cm³/mol. The second-order valence-electron chi connectivity index (χ2n) is 8.22. The van der Waals surface area contributed by atoms with E-state index in [1.54, 1.807) is 4.90 Å². The molecule has 4 rings (SSSR count). The smallest absolute Gasteiger partial charge is 0.245 e. The number of carbonyl (C=O) groups is 2. The zero-order chi connectivity index (χ0) is 21.8. The number of rotatable bonds is 5. The number of piperidine rings is 1. The number of aromatic nitrogens is 2. The Labute approximate surface area is 183 Å². The number of ether oxygens (including phenoxy) is 1. The van der Waals surface area contributed by atoms with Crippen LogP contribution in [0, 0.1) is 0 Å². The molecule has 0 N–H and O–H groups in total. The Balaban J connectivity index is 1.57. The van der Waals surface area contributed by atoms with Crippen molar-refractivity contribution in [2.75, 3.05) is 32.8 Å². The summed E-state index contributed by atoms with van der Waals surface area (Å²) in [5.74, 6) is 0.0501. The Morgan fingerprint density at radius 1 is 1.19 bits per heavy atom. The molecule has 2 amide bonds. The first-order valence-electron chi connectivity index (χ1n) is 11.0. The Bertz CT molecular complexity index is 931. The first-order chi connectivity index (χ1) is 15.1. The van der Waals surface area contributed by atoms with Gasteiger partial charge < -0.3 is 14.5 Å². The largest absolute Gasteiger partial charge is 0.370 e. The van der Waals surface area contributed by atoms with Crippen LogP contribution >= 0.6 is 0 Å². The van der Waals surface area contributed by atoms with E-state index in [9.17, 15) is 9.59 Å². The van der Waals surface area contributed by atoms with Gasteiger partial charge in [0.2, 0.25) is 11.8 Å². The normalized spacial score (nSPS) is 21.0. The molecule has 7 nitrogen and oxygen atoms in total. The number of likely N-dealkylation sites (tertiary alicyclic amines) is 1. The topological polar surface area (TPSA) is 67.7 Å². The lowest BCUT2D eigenvalue weighted by atomic mass is 9.71. The van der Waals surface area contributed by atoms with Crippen LogP contribution in [0.5, 0.6) is 0 Å². The van der Waals surface area contributed by atoms with E-state index < -0.39 is 5.41 Å². The Hall–Kier alpha value is -2.93. The number of morpholine rings is 1. The molecule has 0 saturated carbocycles. The van der Waals surface area contributed by atoms with Gasteiger partial charge in [0.05, 0.1) is 24.8 Å². The van der Waals surface area contributed by atoms with Gasteiger partial charge in [0.25, 0.3) is 0 Å². The molecule has 1 atom stereocenters. The zero-order valence-corrected chi connectivity index (χ0v) is 18.1. The monoisotopic (exact) mass is 422 g/mol. The quantitative estimate of drug-likeness (QED) is 0.695. The lowest BCUT2D eigenvalue weighted by Crippen LogP contribution is -2.56. The maximum atomic E-state index is 14.0. The molecule has 0 spiro atoms. The van der Waals surface area contributed by atoms with Crippen molar-refractivity contribution < 1.29 is 14.3 Å². The Kier molecular flexibility index (Phi) is 6.23. The highest BCUT2D eigenvalue weighted by Crippen LogP contribution is 2.38. The van der Waals surface area contributed by atoms with Crippen LogP contribution in [-0.4, -0.2) is 64.2 Å². The van der Waals surface area contributed by atoms with Crippen molar-refractivity contribution in [2.45, 2.75) is 37.8 Å². The van der Waals surface area contributed by atoms with Gasteiger partial charge in [-0.3, -0.25) is 14.3 Å². The van der Waals surface area contributed by atoms with Gasteiger partial charge in [-0.25, -0.2) is 0 Å². The highest BCUT2D eigenvalue weighted by Gasteiger charge is 2.46. The van der Waals surface area contributed by atoms with Crippen molar-refractivity contribution in [2.24, 2.45) is 0 Å². The van der Waals surface area contributed by atoms with Gasteiger partial charge in [0, 0.05) is 37.9 Å². The highest BCUT2D eigenvalue weighted by molar-refractivity contribution is 5.90. The molecule has 7 heteroatoms. The van der Waals surface area contributed by atoms with E-state index in [-0.39, 0.29) is 17.9 Å². The van der Waals surface area contributed by atoms with Gasteiger partial charge in [-0.05, 0) is 31.4 Å². The molecule has 2 saturated heterocycles. The van der Waals surface area contributed by atoms with E-state index in [1.165, 1.54) is 6.08 Å². The molecule has 31 heavy (non-hydrogen) atoms. The van der Waals surface area contributed by atoms with Crippen LogP contribution in [0.25, 0.3) is 0 Å². The molecule has 1 aromatic heterocycles. The first-order valence-corrected chi connectivity index (χ1v) is 11.0. The number of nitrogens with zero attached hydrogens (tertiary/aromatic N) is 4. The van der Waals surface area contributed by atoms with Gasteiger partial charge in [-0.15, -0.1) is 0 Å². The second kappa shape index (κ2) is 9.06. The van der Waals surface area contributed by atoms with E-state index in [2.05, 4.69) is 11.7 Å². The molecule has 2 aromatic rings. The third-order valence-corrected chi connectivity index (χ3v) is 6.54. The van der Waals surface area contributed by atoms with Crippen molar-refractivity contribution in [1.82, 2.24) is 19.6 Å². The van der Waals surface area contributed by atoms with Crippen molar-refractivity contribution in [1.29, 1.82) is 0 Å². The fourth-order valence-corrected chi connectivity index (χ4v) is 4.68. The van der Waals surface area contributed by atoms with Crippen molar-refractivity contribution in [3.8, 4) is 0 Å². The van der Waals surface area contributed by atoms with Gasteiger partial charge in [0.15, 0.2) is 0 Å². The number of benzene rings is 1. The second-order valence-corrected chi connectivity index (χ2v) is 8.22. The van der Waals surface area contributed by atoms with Crippen molar-refractivity contribution in [3.05, 3.63) is 66.5 Å². The van der Waals surface area contributed by atoms with Gasteiger partial charge >= 0.3 is 0 Å². The van der Waals surface area contributed by atoms with E-state index in [0.717, 1.165) is 17.7 Å². The average molecular weight is 423 g/mol. The van der Waals surface area contributed by atoms with E-state index in [4.69, 9.17) is 4.74 Å². The summed E-state index contributed by atoms with van der Waals surface area (Å²) in [6.07, 6.45) is 6.20. The minimum atomic E-state index is -0.630. The lowest BCUT2D eigenvalue weighted by Gasteiger charge is -2.45. The van der Waals surface area contributed by atoms with Crippen LogP contribution in [0.1, 0.15) is 37.0 Å². The van der Waals surface area contributed by atoms with Crippen LogP contribution in [-0.2, 0) is 26.3 Å². The van der Waals surface area contributed by atoms with Gasteiger partial charge in [-0.2, -0.15) is 5.10 Å². The minimum absolute atomic E-state index is 0.0755. The molecule has 0 radical (unpaired) electrons. The maximum Gasteiger partial charge on any atom is 0.245 e. The average Bonchev–Trinajstić information content (AvgIpc) is 3.33. The van der Waals surface area contributed by atoms with Crippen LogP contribution in [0.3, 0.4) is 0 Å². The number of hydrogen-bond acceptors (Lipinski definition) is 4. The molecule has 2 aliphatic heterocycles. The Morgan fingerprint density at radius 2 is 1.94 bits per heavy atom. The van der Waals surface area contributed by atoms with E-state index in [0.29, 0.717) is 45.6 Å². The van der Waals surface area contributed by atoms with Crippen LogP contribution < -0.4 is 0 Å². The molecule has 0 bridgehead atoms. The molecule has 2 fully saturated rings. The van der Waals surface area contributed by atoms with Crippen LogP contribution in [0.2, 0.25) is 0 Å². The molecule has 1 aromatic carbocycles. The summed E-state index contributed by atoms with van der Waals surface area (Å²) in [4.78, 5) is 29.8. The van der Waals surface area contributed by atoms with Crippen molar-refractivity contribution in [3.63, 3.8) is 0 Å². The number of aryl methyl sites for hydroxylation is 1. The summed E-state index contributed by atoms with van der Waals surface area (Å²) in [6.45, 7) is 9.11. The maximum absolute atomic E-state index is 14.0. The van der Waals surface area contributed by atoms with Crippen LogP contribution in [0.15, 0.2) is 55.4 Å². The van der Waals surface area contributed by atoms with Crippen molar-refractivity contribution >= 4 is 11.8 Å².